The zero-order valence-corrected chi connectivity index (χ0v) is 15.2. The molecule has 0 aromatic heterocycles. The molecule has 4 heteroatoms. The number of allylic oxidation sites excluding steroid dienone is 1. The van der Waals surface area contributed by atoms with Gasteiger partial charge in [-0.25, -0.2) is 4.99 Å². The van der Waals surface area contributed by atoms with Gasteiger partial charge in [0, 0.05) is 6.42 Å². The summed E-state index contributed by atoms with van der Waals surface area (Å²) in [5.41, 5.74) is 1.36. The molecule has 1 amide bonds. The zero-order chi connectivity index (χ0) is 18.4. The van der Waals surface area contributed by atoms with Crippen LogP contribution in [0.2, 0.25) is 0 Å². The van der Waals surface area contributed by atoms with Gasteiger partial charge in [0.2, 0.25) is 0 Å². The maximum atomic E-state index is 12.4. The molecule has 1 aromatic carbocycles. The van der Waals surface area contributed by atoms with Crippen molar-refractivity contribution in [2.24, 2.45) is 10.9 Å². The van der Waals surface area contributed by atoms with E-state index in [1.165, 1.54) is 32.1 Å². The Morgan fingerprint density at radius 1 is 1.08 bits per heavy atom. The summed E-state index contributed by atoms with van der Waals surface area (Å²) in [6.07, 6.45) is 9.71. The quantitative estimate of drug-likeness (QED) is 0.687. The number of amides is 1. The Labute approximate surface area is 155 Å². The molecule has 1 heterocycles. The predicted molar refractivity (Wildman–Crippen MR) is 102 cm³/mol. The maximum absolute atomic E-state index is 12.4. The van der Waals surface area contributed by atoms with Crippen LogP contribution in [0.5, 0.6) is 0 Å². The van der Waals surface area contributed by atoms with Crippen LogP contribution in [0.25, 0.3) is 0 Å². The van der Waals surface area contributed by atoms with E-state index in [1.807, 2.05) is 30.3 Å². The van der Waals surface area contributed by atoms with Crippen LogP contribution < -0.4 is 0 Å². The van der Waals surface area contributed by atoms with Crippen molar-refractivity contribution in [2.75, 3.05) is 0 Å². The summed E-state index contributed by atoms with van der Waals surface area (Å²) in [6, 6.07) is 9.84. The highest BCUT2D eigenvalue weighted by molar-refractivity contribution is 6.30. The Hall–Kier alpha value is -2.23. The standard InChI is InChI=1S/C22H27NO3/c24-19(13-7-12-16-8-3-1-4-9-16)20-21(25)18(23-22(20)26)15-14-17-10-5-2-6-11-17/h2,5-6,10-11,16,25H,1,3-4,7-9,12-15H2. The third-order valence-corrected chi connectivity index (χ3v) is 5.47. The summed E-state index contributed by atoms with van der Waals surface area (Å²) in [4.78, 5) is 28.4. The van der Waals surface area contributed by atoms with E-state index in [0.29, 0.717) is 25.0 Å². The van der Waals surface area contributed by atoms with Crippen LogP contribution in [0.4, 0.5) is 0 Å². The number of Topliss-reactive ketones (excluding diaryl/α,β-unsaturated/α-hetero) is 1. The van der Waals surface area contributed by atoms with E-state index in [9.17, 15) is 14.7 Å². The molecule has 0 radical (unpaired) electrons. The van der Waals surface area contributed by atoms with Crippen molar-refractivity contribution < 1.29 is 14.7 Å². The van der Waals surface area contributed by atoms with E-state index < -0.39 is 5.91 Å². The summed E-state index contributed by atoms with van der Waals surface area (Å²) in [5, 5.41) is 10.3. The Morgan fingerprint density at radius 2 is 1.81 bits per heavy atom. The maximum Gasteiger partial charge on any atom is 0.284 e. The van der Waals surface area contributed by atoms with Crippen molar-refractivity contribution >= 4 is 17.4 Å². The Bertz CT molecular complexity index is 712. The number of hydrogen-bond acceptors (Lipinski definition) is 3. The van der Waals surface area contributed by atoms with Gasteiger partial charge in [-0.05, 0) is 30.7 Å². The normalized spacial score (nSPS) is 18.3. The lowest BCUT2D eigenvalue weighted by Crippen LogP contribution is -2.12. The van der Waals surface area contributed by atoms with Gasteiger partial charge in [-0.1, -0.05) is 68.9 Å². The van der Waals surface area contributed by atoms with Crippen LogP contribution in [-0.2, 0) is 16.0 Å². The first kappa shape index (κ1) is 18.6. The molecule has 0 atom stereocenters. The second kappa shape index (κ2) is 8.93. The van der Waals surface area contributed by atoms with Gasteiger partial charge in [0.15, 0.2) is 11.5 Å². The highest BCUT2D eigenvalue weighted by Gasteiger charge is 2.31. The van der Waals surface area contributed by atoms with Crippen LogP contribution >= 0.6 is 0 Å². The van der Waals surface area contributed by atoms with Gasteiger partial charge < -0.3 is 5.11 Å². The van der Waals surface area contributed by atoms with Crippen molar-refractivity contribution in [1.29, 1.82) is 0 Å². The fourth-order valence-electron chi connectivity index (χ4n) is 3.96. The smallest absolute Gasteiger partial charge is 0.284 e. The topological polar surface area (TPSA) is 66.7 Å². The molecule has 0 saturated heterocycles. The number of aliphatic imine (C=N–C) groups is 1. The summed E-state index contributed by atoms with van der Waals surface area (Å²) in [7, 11) is 0. The molecule has 0 spiro atoms. The lowest BCUT2D eigenvalue weighted by Gasteiger charge is -2.21. The highest BCUT2D eigenvalue weighted by Crippen LogP contribution is 2.28. The molecule has 4 nitrogen and oxygen atoms in total. The average Bonchev–Trinajstić information content (AvgIpc) is 2.95. The minimum atomic E-state index is -0.576. The van der Waals surface area contributed by atoms with E-state index in [0.717, 1.165) is 24.3 Å². The minimum Gasteiger partial charge on any atom is -0.505 e. The fourth-order valence-corrected chi connectivity index (χ4v) is 3.96. The molecule has 0 bridgehead atoms. The number of carbonyl (C=O) groups excluding carboxylic acids is 2. The predicted octanol–water partition coefficient (Wildman–Crippen LogP) is 4.73. The van der Waals surface area contributed by atoms with E-state index in [1.54, 1.807) is 0 Å². The molecule has 0 unspecified atom stereocenters. The second-order valence-corrected chi connectivity index (χ2v) is 7.39. The van der Waals surface area contributed by atoms with Gasteiger partial charge in [0.1, 0.15) is 5.57 Å². The minimum absolute atomic E-state index is 0.100. The Kier molecular flexibility index (Phi) is 6.37. The summed E-state index contributed by atoms with van der Waals surface area (Å²) in [6.45, 7) is 0. The van der Waals surface area contributed by atoms with Crippen molar-refractivity contribution in [3.8, 4) is 0 Å². The average molecular weight is 353 g/mol. The molecule has 2 aliphatic rings. The van der Waals surface area contributed by atoms with Gasteiger partial charge in [-0.15, -0.1) is 0 Å². The lowest BCUT2D eigenvalue weighted by molar-refractivity contribution is -0.120. The SMILES string of the molecule is O=C(CCCC1CCCCC1)C1=C(O)C(CCc2ccccc2)=NC1=O. The number of carbonyl (C=O) groups is 2. The van der Waals surface area contributed by atoms with E-state index in [4.69, 9.17) is 0 Å². The molecule has 26 heavy (non-hydrogen) atoms. The molecule has 1 aromatic rings. The molecule has 138 valence electrons. The van der Waals surface area contributed by atoms with Crippen LogP contribution in [0.3, 0.4) is 0 Å². The number of hydrogen-bond donors (Lipinski definition) is 1. The first-order valence-electron chi connectivity index (χ1n) is 9.78. The number of rotatable bonds is 8. The largest absolute Gasteiger partial charge is 0.505 e. The third kappa shape index (κ3) is 4.69. The summed E-state index contributed by atoms with van der Waals surface area (Å²) < 4.78 is 0. The summed E-state index contributed by atoms with van der Waals surface area (Å²) in [5.74, 6) is -0.320. The van der Waals surface area contributed by atoms with Gasteiger partial charge in [-0.3, -0.25) is 9.59 Å². The number of aliphatic hydroxyl groups excluding tert-OH is 1. The molecular weight excluding hydrogens is 326 g/mol. The van der Waals surface area contributed by atoms with Crippen molar-refractivity contribution in [2.45, 2.75) is 64.2 Å². The van der Waals surface area contributed by atoms with Gasteiger partial charge in [-0.2, -0.15) is 0 Å². The van der Waals surface area contributed by atoms with Crippen molar-refractivity contribution in [3.05, 3.63) is 47.2 Å². The Morgan fingerprint density at radius 3 is 2.54 bits per heavy atom. The molecular formula is C22H27NO3. The van der Waals surface area contributed by atoms with Crippen LogP contribution in [-0.4, -0.2) is 22.5 Å². The number of aryl methyl sites for hydroxylation is 1. The van der Waals surface area contributed by atoms with Crippen molar-refractivity contribution in [1.82, 2.24) is 0 Å². The highest BCUT2D eigenvalue weighted by atomic mass is 16.3. The lowest BCUT2D eigenvalue weighted by atomic mass is 9.85. The first-order chi connectivity index (χ1) is 12.6. The van der Waals surface area contributed by atoms with Crippen LogP contribution in [0.15, 0.2) is 46.7 Å². The van der Waals surface area contributed by atoms with E-state index in [-0.39, 0.29) is 17.1 Å². The number of nitrogens with zero attached hydrogens (tertiary/aromatic N) is 1. The van der Waals surface area contributed by atoms with Gasteiger partial charge in [0.05, 0.1) is 5.71 Å². The van der Waals surface area contributed by atoms with E-state index >= 15 is 0 Å². The van der Waals surface area contributed by atoms with Crippen LogP contribution in [0.1, 0.15) is 63.4 Å². The monoisotopic (exact) mass is 353 g/mol. The summed E-state index contributed by atoms with van der Waals surface area (Å²) >= 11 is 0. The molecule has 1 N–H and O–H groups in total. The zero-order valence-electron chi connectivity index (χ0n) is 15.2. The second-order valence-electron chi connectivity index (χ2n) is 7.39. The molecule has 1 aliphatic carbocycles. The van der Waals surface area contributed by atoms with Crippen LogP contribution in [0, 0.1) is 5.92 Å². The number of aliphatic hydroxyl groups is 1. The van der Waals surface area contributed by atoms with E-state index in [2.05, 4.69) is 4.99 Å². The third-order valence-electron chi connectivity index (χ3n) is 5.47. The fraction of sp³-hybridized carbons (Fsp3) is 0.500. The van der Waals surface area contributed by atoms with Gasteiger partial charge >= 0.3 is 0 Å². The molecule has 1 fully saturated rings. The first-order valence-corrected chi connectivity index (χ1v) is 9.78. The molecule has 1 aliphatic heterocycles. The molecule has 3 rings (SSSR count). The number of ketones is 1. The molecule has 1 saturated carbocycles. The Balaban J connectivity index is 1.52. The van der Waals surface area contributed by atoms with Gasteiger partial charge in [0.25, 0.3) is 5.91 Å². The number of benzene rings is 1. The van der Waals surface area contributed by atoms with Crippen molar-refractivity contribution in [3.63, 3.8) is 0 Å².